The Labute approximate surface area is 265 Å². The fourth-order valence-corrected chi connectivity index (χ4v) is 4.75. The summed E-state index contributed by atoms with van der Waals surface area (Å²) >= 11 is 0. The Hall–Kier alpha value is -3.72. The van der Waals surface area contributed by atoms with Crippen LogP contribution in [0.5, 0.6) is 11.5 Å². The van der Waals surface area contributed by atoms with Crippen molar-refractivity contribution >= 4 is 0 Å². The van der Waals surface area contributed by atoms with Gasteiger partial charge >= 0.3 is 0 Å². The van der Waals surface area contributed by atoms with E-state index in [0.29, 0.717) is 39.6 Å². The zero-order valence-electron chi connectivity index (χ0n) is 26.1. The summed E-state index contributed by atoms with van der Waals surface area (Å²) in [5, 5.41) is 0. The zero-order valence-corrected chi connectivity index (χ0v) is 26.1. The molecule has 0 saturated carbocycles. The number of benzene rings is 4. The Morgan fingerprint density at radius 2 is 0.867 bits per heavy atom. The first-order valence-electron chi connectivity index (χ1n) is 15.8. The molecule has 2 fully saturated rings. The predicted octanol–water partition coefficient (Wildman–Crippen LogP) is 7.10. The standard InChI is InChI=1S/C38H42O7/c1-27(40-21-29-3-7-31(8-4-29)33-11-15-35(16-12-33)42-23-37-25-44-37)19-39-20-28(2)41-22-30-5-9-32(10-6-30)34-13-17-36(18-14-34)43-24-38-26-45-38/h3-18,27-28,37-38H,19-26H2,1-2H3. The molecule has 4 aromatic carbocycles. The van der Waals surface area contributed by atoms with Gasteiger partial charge in [-0.2, -0.15) is 0 Å². The van der Waals surface area contributed by atoms with Crippen LogP contribution in [-0.4, -0.2) is 64.1 Å². The first-order chi connectivity index (χ1) is 22.1. The van der Waals surface area contributed by atoms with Crippen molar-refractivity contribution in [3.63, 3.8) is 0 Å². The number of rotatable bonds is 18. The highest BCUT2D eigenvalue weighted by Gasteiger charge is 2.23. The maximum Gasteiger partial charge on any atom is 0.119 e. The van der Waals surface area contributed by atoms with Gasteiger partial charge in [0.05, 0.1) is 51.8 Å². The number of hydrogen-bond acceptors (Lipinski definition) is 7. The molecular formula is C38H42O7. The summed E-state index contributed by atoms with van der Waals surface area (Å²) in [5.41, 5.74) is 6.88. The molecule has 7 nitrogen and oxygen atoms in total. The molecule has 6 rings (SSSR count). The molecule has 45 heavy (non-hydrogen) atoms. The molecule has 0 aromatic heterocycles. The second kappa shape index (κ2) is 15.5. The highest BCUT2D eigenvalue weighted by Crippen LogP contribution is 2.25. The van der Waals surface area contributed by atoms with Gasteiger partial charge < -0.3 is 33.2 Å². The Morgan fingerprint density at radius 3 is 1.20 bits per heavy atom. The number of hydrogen-bond donors (Lipinski definition) is 0. The summed E-state index contributed by atoms with van der Waals surface area (Å²) < 4.78 is 39.8. The van der Waals surface area contributed by atoms with Crippen molar-refractivity contribution in [2.75, 3.05) is 39.6 Å². The summed E-state index contributed by atoms with van der Waals surface area (Å²) in [4.78, 5) is 0. The van der Waals surface area contributed by atoms with E-state index in [1.165, 1.54) is 0 Å². The van der Waals surface area contributed by atoms with Crippen molar-refractivity contribution in [1.29, 1.82) is 0 Å². The van der Waals surface area contributed by atoms with Gasteiger partial charge in [-0.15, -0.1) is 0 Å². The molecule has 0 N–H and O–H groups in total. The molecule has 2 heterocycles. The van der Waals surface area contributed by atoms with Crippen molar-refractivity contribution in [2.45, 2.75) is 51.5 Å². The van der Waals surface area contributed by atoms with E-state index in [0.717, 1.165) is 58.1 Å². The summed E-state index contributed by atoms with van der Waals surface area (Å²) in [6, 6.07) is 33.3. The van der Waals surface area contributed by atoms with Crippen molar-refractivity contribution in [2.24, 2.45) is 0 Å². The number of epoxide rings is 2. The topological polar surface area (TPSA) is 71.2 Å². The Kier molecular flexibility index (Phi) is 10.8. The van der Waals surface area contributed by atoms with Crippen LogP contribution in [-0.2, 0) is 36.9 Å². The average molecular weight is 611 g/mol. The monoisotopic (exact) mass is 610 g/mol. The van der Waals surface area contributed by atoms with Gasteiger partial charge in [0.25, 0.3) is 0 Å². The molecule has 0 aliphatic carbocycles. The normalized spacial score (nSPS) is 18.3. The predicted molar refractivity (Wildman–Crippen MR) is 174 cm³/mol. The summed E-state index contributed by atoms with van der Waals surface area (Å²) in [6.07, 6.45) is 0.476. The van der Waals surface area contributed by atoms with Crippen LogP contribution in [0.2, 0.25) is 0 Å². The SMILES string of the molecule is CC(COCC(C)OCc1ccc(-c2ccc(OCC3CO3)cc2)cc1)OCc1ccc(-c2ccc(OCC3CO3)cc2)cc1. The third kappa shape index (κ3) is 10.1. The van der Waals surface area contributed by atoms with Crippen LogP contribution in [0.15, 0.2) is 97.1 Å². The quantitative estimate of drug-likeness (QED) is 0.111. The lowest BCUT2D eigenvalue weighted by Gasteiger charge is -2.17. The second-order valence-electron chi connectivity index (χ2n) is 11.8. The third-order valence-corrected chi connectivity index (χ3v) is 7.73. The zero-order chi connectivity index (χ0) is 30.8. The first kappa shape index (κ1) is 31.3. The molecule has 0 amide bonds. The van der Waals surface area contributed by atoms with Gasteiger partial charge in [0.1, 0.15) is 36.9 Å². The minimum Gasteiger partial charge on any atom is -0.491 e. The fourth-order valence-electron chi connectivity index (χ4n) is 4.75. The van der Waals surface area contributed by atoms with Crippen molar-refractivity contribution in [3.8, 4) is 33.8 Å². The van der Waals surface area contributed by atoms with E-state index in [1.807, 2.05) is 38.1 Å². The molecule has 4 atom stereocenters. The van der Waals surface area contributed by atoms with Crippen LogP contribution in [0, 0.1) is 0 Å². The van der Waals surface area contributed by atoms with Gasteiger partial charge in [-0.3, -0.25) is 0 Å². The van der Waals surface area contributed by atoms with Gasteiger partial charge in [0.2, 0.25) is 0 Å². The summed E-state index contributed by atoms with van der Waals surface area (Å²) in [7, 11) is 0. The second-order valence-corrected chi connectivity index (χ2v) is 11.8. The largest absolute Gasteiger partial charge is 0.491 e. The van der Waals surface area contributed by atoms with E-state index in [2.05, 4.69) is 72.8 Å². The molecule has 236 valence electrons. The van der Waals surface area contributed by atoms with Gasteiger partial charge in [0, 0.05) is 0 Å². The van der Waals surface area contributed by atoms with E-state index in [9.17, 15) is 0 Å². The van der Waals surface area contributed by atoms with Crippen LogP contribution in [0.1, 0.15) is 25.0 Å². The van der Waals surface area contributed by atoms with Crippen LogP contribution in [0.25, 0.3) is 22.3 Å². The van der Waals surface area contributed by atoms with Crippen molar-refractivity contribution in [1.82, 2.24) is 0 Å². The molecule has 4 aromatic rings. The highest BCUT2D eigenvalue weighted by atomic mass is 16.6. The minimum atomic E-state index is -0.0224. The molecule has 0 radical (unpaired) electrons. The summed E-state index contributed by atoms with van der Waals surface area (Å²) in [5.74, 6) is 1.73. The lowest BCUT2D eigenvalue weighted by Crippen LogP contribution is -2.21. The van der Waals surface area contributed by atoms with E-state index in [4.69, 9.17) is 33.2 Å². The van der Waals surface area contributed by atoms with E-state index >= 15 is 0 Å². The molecule has 4 unspecified atom stereocenters. The van der Waals surface area contributed by atoms with Crippen molar-refractivity contribution < 1.29 is 33.2 Å². The minimum absolute atomic E-state index is 0.0224. The van der Waals surface area contributed by atoms with Gasteiger partial charge in [0.15, 0.2) is 0 Å². The number of ether oxygens (including phenoxy) is 7. The lowest BCUT2D eigenvalue weighted by atomic mass is 10.0. The van der Waals surface area contributed by atoms with Crippen LogP contribution in [0.4, 0.5) is 0 Å². The summed E-state index contributed by atoms with van der Waals surface area (Å²) in [6.45, 7) is 9.01. The van der Waals surface area contributed by atoms with E-state index < -0.39 is 0 Å². The molecule has 2 aliphatic heterocycles. The van der Waals surface area contributed by atoms with Crippen LogP contribution < -0.4 is 9.47 Å². The Morgan fingerprint density at radius 1 is 0.533 bits per heavy atom. The molecular weight excluding hydrogens is 568 g/mol. The van der Waals surface area contributed by atoms with Crippen LogP contribution >= 0.6 is 0 Å². The fraction of sp³-hybridized carbons (Fsp3) is 0.368. The van der Waals surface area contributed by atoms with Gasteiger partial charge in [-0.25, -0.2) is 0 Å². The molecule has 2 saturated heterocycles. The molecule has 7 heteroatoms. The maximum absolute atomic E-state index is 6.03. The van der Waals surface area contributed by atoms with Crippen molar-refractivity contribution in [3.05, 3.63) is 108 Å². The van der Waals surface area contributed by atoms with Crippen LogP contribution in [0.3, 0.4) is 0 Å². The maximum atomic E-state index is 6.03. The average Bonchev–Trinajstić information content (AvgIpc) is 4.02. The Balaban J connectivity index is 0.847. The molecule has 0 spiro atoms. The van der Waals surface area contributed by atoms with E-state index in [-0.39, 0.29) is 24.4 Å². The van der Waals surface area contributed by atoms with E-state index in [1.54, 1.807) is 0 Å². The molecule has 2 aliphatic rings. The highest BCUT2D eigenvalue weighted by molar-refractivity contribution is 5.65. The van der Waals surface area contributed by atoms with Gasteiger partial charge in [-0.1, -0.05) is 72.8 Å². The Bertz CT molecular complexity index is 1330. The third-order valence-electron chi connectivity index (χ3n) is 7.73. The molecule has 0 bridgehead atoms. The lowest BCUT2D eigenvalue weighted by molar-refractivity contribution is -0.0545. The first-order valence-corrected chi connectivity index (χ1v) is 15.8. The van der Waals surface area contributed by atoms with Gasteiger partial charge in [-0.05, 0) is 71.5 Å². The smallest absolute Gasteiger partial charge is 0.119 e.